The highest BCUT2D eigenvalue weighted by Gasteiger charge is 2.37. The second kappa shape index (κ2) is 4.63. The monoisotopic (exact) mass is 273 g/mol. The summed E-state index contributed by atoms with van der Waals surface area (Å²) in [5, 5.41) is 17.6. The highest BCUT2D eigenvalue weighted by molar-refractivity contribution is 5.94. The normalized spacial score (nSPS) is 11.7. The summed E-state index contributed by atoms with van der Waals surface area (Å²) in [7, 11) is 0. The molecule has 0 radical (unpaired) electrons. The van der Waals surface area contributed by atoms with Crippen molar-refractivity contribution in [1.82, 2.24) is 4.98 Å². The van der Waals surface area contributed by atoms with E-state index in [9.17, 15) is 26.7 Å². The maximum absolute atomic E-state index is 12.4. The number of aromatic nitrogens is 1. The van der Waals surface area contributed by atoms with Crippen molar-refractivity contribution in [1.29, 1.82) is 0 Å². The minimum Gasteiger partial charge on any atom is -0.505 e. The number of ether oxygens (including phenoxy) is 1. The van der Waals surface area contributed by atoms with Crippen LogP contribution in [-0.4, -0.2) is 27.5 Å². The molecule has 0 aliphatic heterocycles. The third-order valence-corrected chi connectivity index (χ3v) is 1.68. The molecule has 2 N–H and O–H groups in total. The van der Waals surface area contributed by atoms with Crippen molar-refractivity contribution in [2.24, 2.45) is 0 Å². The van der Waals surface area contributed by atoms with Crippen molar-refractivity contribution >= 4 is 5.97 Å². The molecule has 18 heavy (non-hydrogen) atoms. The van der Waals surface area contributed by atoms with Crippen LogP contribution >= 0.6 is 0 Å². The summed E-state index contributed by atoms with van der Waals surface area (Å²) in [6.07, 6.45) is -8.60. The van der Waals surface area contributed by atoms with E-state index in [4.69, 9.17) is 10.2 Å². The first-order valence-corrected chi connectivity index (χ1v) is 4.12. The fraction of sp³-hybridized carbons (Fsp3) is 0.250. The van der Waals surface area contributed by atoms with E-state index in [0.717, 1.165) is 0 Å². The lowest BCUT2D eigenvalue weighted by atomic mass is 10.2. The van der Waals surface area contributed by atoms with Crippen LogP contribution in [0.15, 0.2) is 6.20 Å². The van der Waals surface area contributed by atoms with E-state index in [1.807, 2.05) is 0 Å². The first-order valence-electron chi connectivity index (χ1n) is 4.12. The molecule has 0 fully saturated rings. The highest BCUT2D eigenvalue weighted by Crippen LogP contribution is 2.38. The number of aromatic hydroxyl groups is 1. The predicted octanol–water partition coefficient (Wildman–Crippen LogP) is 2.32. The molecule has 1 aromatic heterocycles. The SMILES string of the molecule is O=C(O)c1c(O)cnc(C(F)F)c1OC(F)(F)F. The maximum atomic E-state index is 12.4. The molecule has 0 saturated heterocycles. The van der Waals surface area contributed by atoms with E-state index in [1.165, 1.54) is 0 Å². The molecule has 5 nitrogen and oxygen atoms in total. The Kier molecular flexibility index (Phi) is 3.58. The van der Waals surface area contributed by atoms with Crippen LogP contribution in [0.4, 0.5) is 22.0 Å². The van der Waals surface area contributed by atoms with E-state index in [1.54, 1.807) is 0 Å². The molecule has 0 saturated carbocycles. The number of hydrogen-bond acceptors (Lipinski definition) is 4. The second-order valence-electron chi connectivity index (χ2n) is 2.89. The van der Waals surface area contributed by atoms with Gasteiger partial charge in [0, 0.05) is 0 Å². The lowest BCUT2D eigenvalue weighted by Crippen LogP contribution is -2.21. The number of alkyl halides is 5. The lowest BCUT2D eigenvalue weighted by molar-refractivity contribution is -0.275. The quantitative estimate of drug-likeness (QED) is 0.826. The maximum Gasteiger partial charge on any atom is 0.573 e. The summed E-state index contributed by atoms with van der Waals surface area (Å²) in [5.41, 5.74) is -2.96. The number of halogens is 5. The molecule has 0 aliphatic rings. The fourth-order valence-corrected chi connectivity index (χ4v) is 1.08. The predicted molar refractivity (Wildman–Crippen MR) is 44.5 cm³/mol. The van der Waals surface area contributed by atoms with Crippen molar-refractivity contribution in [3.63, 3.8) is 0 Å². The van der Waals surface area contributed by atoms with Crippen molar-refractivity contribution in [3.8, 4) is 11.5 Å². The minimum atomic E-state index is -5.40. The van der Waals surface area contributed by atoms with E-state index >= 15 is 0 Å². The Morgan fingerprint density at radius 3 is 2.33 bits per heavy atom. The lowest BCUT2D eigenvalue weighted by Gasteiger charge is -2.14. The van der Waals surface area contributed by atoms with Crippen LogP contribution in [-0.2, 0) is 0 Å². The van der Waals surface area contributed by atoms with E-state index < -0.39 is 41.5 Å². The molecule has 0 unspecified atom stereocenters. The van der Waals surface area contributed by atoms with Crippen LogP contribution in [0.5, 0.6) is 11.5 Å². The van der Waals surface area contributed by atoms with Crippen LogP contribution < -0.4 is 4.74 Å². The first-order chi connectivity index (χ1) is 8.13. The van der Waals surface area contributed by atoms with Gasteiger partial charge in [-0.2, -0.15) is 0 Å². The Bertz CT molecular complexity index is 473. The van der Waals surface area contributed by atoms with E-state index in [-0.39, 0.29) is 0 Å². The zero-order valence-electron chi connectivity index (χ0n) is 8.20. The first kappa shape index (κ1) is 13.9. The molecular weight excluding hydrogens is 269 g/mol. The summed E-state index contributed by atoms with van der Waals surface area (Å²) in [5.74, 6) is -5.01. The van der Waals surface area contributed by atoms with E-state index in [2.05, 4.69) is 9.72 Å². The molecule has 100 valence electrons. The molecule has 0 spiro atoms. The summed E-state index contributed by atoms with van der Waals surface area (Å²) in [4.78, 5) is 13.4. The van der Waals surface area contributed by atoms with Crippen molar-refractivity contribution in [3.05, 3.63) is 17.5 Å². The van der Waals surface area contributed by atoms with Crippen LogP contribution in [0.2, 0.25) is 0 Å². The van der Waals surface area contributed by atoms with E-state index in [0.29, 0.717) is 6.20 Å². The molecule has 1 rings (SSSR count). The summed E-state index contributed by atoms with van der Waals surface area (Å²) >= 11 is 0. The molecule has 0 aromatic carbocycles. The Morgan fingerprint density at radius 1 is 1.39 bits per heavy atom. The van der Waals surface area contributed by atoms with Gasteiger partial charge in [0.15, 0.2) is 11.5 Å². The summed E-state index contributed by atoms with van der Waals surface area (Å²) < 4.78 is 63.9. The van der Waals surface area contributed by atoms with Gasteiger partial charge in [-0.3, -0.25) is 0 Å². The smallest absolute Gasteiger partial charge is 0.505 e. The van der Waals surface area contributed by atoms with Gasteiger partial charge in [-0.1, -0.05) is 0 Å². The Labute approximate surface area is 95.4 Å². The minimum absolute atomic E-state index is 0.300. The van der Waals surface area contributed by atoms with Crippen molar-refractivity contribution in [2.75, 3.05) is 0 Å². The van der Waals surface area contributed by atoms with Crippen molar-refractivity contribution < 1.29 is 41.7 Å². The molecular formula is C8H4F5NO4. The largest absolute Gasteiger partial charge is 0.573 e. The number of hydrogen-bond donors (Lipinski definition) is 2. The Hall–Kier alpha value is -2.13. The van der Waals surface area contributed by atoms with Gasteiger partial charge < -0.3 is 14.9 Å². The third-order valence-electron chi connectivity index (χ3n) is 1.68. The Morgan fingerprint density at radius 2 is 1.94 bits per heavy atom. The number of pyridine rings is 1. The van der Waals surface area contributed by atoms with Gasteiger partial charge in [-0.25, -0.2) is 18.6 Å². The number of carbonyl (C=O) groups is 1. The Balaban J connectivity index is 3.48. The van der Waals surface area contributed by atoms with Gasteiger partial charge in [-0.05, 0) is 0 Å². The van der Waals surface area contributed by atoms with Crippen LogP contribution in [0.25, 0.3) is 0 Å². The van der Waals surface area contributed by atoms with Gasteiger partial charge in [-0.15, -0.1) is 13.2 Å². The molecule has 0 bridgehead atoms. The number of aromatic carboxylic acids is 1. The average molecular weight is 273 g/mol. The number of nitrogens with zero attached hydrogens (tertiary/aromatic N) is 1. The summed E-state index contributed by atoms with van der Waals surface area (Å²) in [6, 6.07) is 0. The number of rotatable bonds is 3. The molecule has 1 heterocycles. The molecule has 0 atom stereocenters. The molecule has 1 aromatic rings. The molecule has 0 aliphatic carbocycles. The number of carboxylic acids is 1. The third kappa shape index (κ3) is 2.96. The number of carboxylic acid groups (broad SMARTS) is 1. The van der Waals surface area contributed by atoms with Crippen LogP contribution in [0.3, 0.4) is 0 Å². The van der Waals surface area contributed by atoms with Gasteiger partial charge in [0.25, 0.3) is 6.43 Å². The van der Waals surface area contributed by atoms with Gasteiger partial charge >= 0.3 is 12.3 Å². The zero-order chi connectivity index (χ0) is 14.1. The van der Waals surface area contributed by atoms with Crippen LogP contribution in [0.1, 0.15) is 22.5 Å². The molecule has 0 amide bonds. The standard InChI is InChI=1S/C8H4F5NO4/c9-6(10)4-5(18-8(11,12)13)3(7(16)17)2(15)1-14-4/h1,6,15H,(H,16,17). The van der Waals surface area contributed by atoms with Gasteiger partial charge in [0.1, 0.15) is 11.3 Å². The van der Waals surface area contributed by atoms with Crippen LogP contribution in [0, 0.1) is 0 Å². The zero-order valence-corrected chi connectivity index (χ0v) is 8.20. The van der Waals surface area contributed by atoms with Crippen molar-refractivity contribution in [2.45, 2.75) is 12.8 Å². The topological polar surface area (TPSA) is 79.7 Å². The van der Waals surface area contributed by atoms with Gasteiger partial charge in [0.05, 0.1) is 6.20 Å². The average Bonchev–Trinajstić information content (AvgIpc) is 2.13. The highest BCUT2D eigenvalue weighted by atomic mass is 19.4. The summed E-state index contributed by atoms with van der Waals surface area (Å²) in [6.45, 7) is 0. The second-order valence-corrected chi connectivity index (χ2v) is 2.89. The molecule has 10 heteroatoms. The fourth-order valence-electron chi connectivity index (χ4n) is 1.08. The van der Waals surface area contributed by atoms with Gasteiger partial charge in [0.2, 0.25) is 0 Å².